The van der Waals surface area contributed by atoms with E-state index in [9.17, 15) is 22.8 Å². The zero-order valence-corrected chi connectivity index (χ0v) is 12.3. The summed E-state index contributed by atoms with van der Waals surface area (Å²) in [6, 6.07) is 0. The molecular formula is C13H21F3O4. The summed E-state index contributed by atoms with van der Waals surface area (Å²) in [4.78, 5) is 22.6. The van der Waals surface area contributed by atoms with Gasteiger partial charge in [0.25, 0.3) is 0 Å². The fourth-order valence-corrected chi connectivity index (χ4v) is 0.960. The van der Waals surface area contributed by atoms with Crippen LogP contribution in [0.15, 0.2) is 0 Å². The molecule has 0 rings (SSSR count). The van der Waals surface area contributed by atoms with Crippen molar-refractivity contribution in [1.82, 2.24) is 0 Å². The highest BCUT2D eigenvalue weighted by molar-refractivity contribution is 5.77. The first-order valence-corrected chi connectivity index (χ1v) is 6.29. The van der Waals surface area contributed by atoms with Crippen LogP contribution in [0.2, 0.25) is 0 Å². The highest BCUT2D eigenvalue weighted by atomic mass is 19.4. The molecule has 0 N–H and O–H groups in total. The Kier molecular flexibility index (Phi) is 6.50. The van der Waals surface area contributed by atoms with Gasteiger partial charge in [0.2, 0.25) is 0 Å². The number of ether oxygens (including phenoxy) is 2. The van der Waals surface area contributed by atoms with Crippen molar-refractivity contribution < 1.29 is 32.2 Å². The van der Waals surface area contributed by atoms with Crippen LogP contribution >= 0.6 is 0 Å². The Morgan fingerprint density at radius 3 is 1.55 bits per heavy atom. The predicted molar refractivity (Wildman–Crippen MR) is 65.9 cm³/mol. The van der Waals surface area contributed by atoms with Gasteiger partial charge in [-0.05, 0) is 19.3 Å². The van der Waals surface area contributed by atoms with Crippen molar-refractivity contribution in [2.75, 3.05) is 0 Å². The molecule has 0 amide bonds. The number of hydrogen-bond donors (Lipinski definition) is 0. The minimum atomic E-state index is -4.60. The molecule has 0 saturated carbocycles. The molecule has 0 aliphatic heterocycles. The molecule has 0 spiro atoms. The largest absolute Gasteiger partial charge is 0.462 e. The molecule has 118 valence electrons. The van der Waals surface area contributed by atoms with Crippen LogP contribution in [0.3, 0.4) is 0 Å². The van der Waals surface area contributed by atoms with Crippen LogP contribution in [0.25, 0.3) is 0 Å². The number of carbonyl (C=O) groups excluding carboxylic acids is 2. The SMILES string of the molecule is CC(OC(=O)CCC(=O)OC(C)C(F)(F)F)C(C)(C)C. The topological polar surface area (TPSA) is 52.6 Å². The Hall–Kier alpha value is -1.27. The zero-order valence-electron chi connectivity index (χ0n) is 12.3. The van der Waals surface area contributed by atoms with E-state index in [4.69, 9.17) is 4.74 Å². The van der Waals surface area contributed by atoms with E-state index in [0.717, 1.165) is 6.92 Å². The van der Waals surface area contributed by atoms with Crippen molar-refractivity contribution >= 4 is 11.9 Å². The first-order valence-electron chi connectivity index (χ1n) is 6.29. The first kappa shape index (κ1) is 18.7. The second-order valence-electron chi connectivity index (χ2n) is 5.67. The van der Waals surface area contributed by atoms with Gasteiger partial charge < -0.3 is 9.47 Å². The van der Waals surface area contributed by atoms with Gasteiger partial charge in [0, 0.05) is 0 Å². The second-order valence-corrected chi connectivity index (χ2v) is 5.67. The molecule has 0 aromatic carbocycles. The molecule has 2 unspecified atom stereocenters. The minimum absolute atomic E-state index is 0.249. The summed E-state index contributed by atoms with van der Waals surface area (Å²) < 4.78 is 45.7. The van der Waals surface area contributed by atoms with Crippen LogP contribution in [0.1, 0.15) is 47.5 Å². The van der Waals surface area contributed by atoms with Crippen molar-refractivity contribution in [2.45, 2.75) is 65.8 Å². The molecule has 0 saturated heterocycles. The summed E-state index contributed by atoms with van der Waals surface area (Å²) in [6.07, 6.45) is -7.88. The minimum Gasteiger partial charge on any atom is -0.462 e. The van der Waals surface area contributed by atoms with Gasteiger partial charge in [-0.1, -0.05) is 20.8 Å². The molecule has 4 nitrogen and oxygen atoms in total. The third-order valence-electron chi connectivity index (χ3n) is 2.83. The Balaban J connectivity index is 4.11. The van der Waals surface area contributed by atoms with Crippen molar-refractivity contribution in [3.63, 3.8) is 0 Å². The third-order valence-corrected chi connectivity index (χ3v) is 2.83. The first-order chi connectivity index (χ1) is 8.84. The van der Waals surface area contributed by atoms with Crippen LogP contribution in [0.5, 0.6) is 0 Å². The molecule has 20 heavy (non-hydrogen) atoms. The lowest BCUT2D eigenvalue weighted by atomic mass is 9.90. The average molecular weight is 298 g/mol. The number of rotatable bonds is 5. The number of esters is 2. The standard InChI is InChI=1S/C13H21F3O4/c1-8(12(3,4)5)19-10(17)6-7-11(18)20-9(2)13(14,15)16/h8-9H,6-7H2,1-5H3. The molecule has 0 aromatic heterocycles. The summed E-state index contributed by atoms with van der Waals surface area (Å²) >= 11 is 0. The lowest BCUT2D eigenvalue weighted by Crippen LogP contribution is -2.31. The molecule has 0 aromatic rings. The quantitative estimate of drug-likeness (QED) is 0.731. The lowest BCUT2D eigenvalue weighted by Gasteiger charge is -2.26. The average Bonchev–Trinajstić information content (AvgIpc) is 2.23. The molecule has 0 radical (unpaired) electrons. The maximum atomic E-state index is 12.1. The Bertz CT molecular complexity index is 311. The van der Waals surface area contributed by atoms with Crippen molar-refractivity contribution in [3.8, 4) is 0 Å². The van der Waals surface area contributed by atoms with E-state index in [0.29, 0.717) is 0 Å². The maximum absolute atomic E-state index is 12.1. The Labute approximate surface area is 116 Å². The fourth-order valence-electron chi connectivity index (χ4n) is 0.960. The molecule has 7 heteroatoms. The predicted octanol–water partition coefficient (Wildman–Crippen LogP) is 3.24. The summed E-state index contributed by atoms with van der Waals surface area (Å²) in [5.41, 5.74) is -0.249. The molecular weight excluding hydrogens is 277 g/mol. The molecule has 2 atom stereocenters. The number of halogens is 3. The Morgan fingerprint density at radius 1 is 0.900 bits per heavy atom. The lowest BCUT2D eigenvalue weighted by molar-refractivity contribution is -0.216. The zero-order chi connectivity index (χ0) is 16.1. The summed E-state index contributed by atoms with van der Waals surface area (Å²) in [5, 5.41) is 0. The van der Waals surface area contributed by atoms with Crippen LogP contribution in [-0.2, 0) is 19.1 Å². The molecule has 0 fully saturated rings. The molecule has 0 aliphatic rings. The van der Waals surface area contributed by atoms with E-state index in [1.807, 2.05) is 20.8 Å². The number of carbonyl (C=O) groups is 2. The van der Waals surface area contributed by atoms with Gasteiger partial charge in [0.05, 0.1) is 12.8 Å². The fraction of sp³-hybridized carbons (Fsp3) is 0.846. The number of hydrogen-bond acceptors (Lipinski definition) is 4. The Morgan fingerprint density at radius 2 is 1.25 bits per heavy atom. The molecule has 0 bridgehead atoms. The highest BCUT2D eigenvalue weighted by Crippen LogP contribution is 2.23. The normalized spacial score (nSPS) is 15.4. The van der Waals surface area contributed by atoms with E-state index in [1.165, 1.54) is 0 Å². The molecule has 0 heterocycles. The van der Waals surface area contributed by atoms with E-state index < -0.39 is 30.6 Å². The van der Waals surface area contributed by atoms with Gasteiger partial charge in [0.15, 0.2) is 6.10 Å². The van der Waals surface area contributed by atoms with Crippen molar-refractivity contribution in [1.29, 1.82) is 0 Å². The van der Waals surface area contributed by atoms with Crippen LogP contribution in [-0.4, -0.2) is 30.3 Å². The van der Waals surface area contributed by atoms with Gasteiger partial charge in [-0.2, -0.15) is 13.2 Å². The second kappa shape index (κ2) is 6.95. The summed E-state index contributed by atoms with van der Waals surface area (Å²) in [7, 11) is 0. The molecule has 0 aliphatic carbocycles. The summed E-state index contributed by atoms with van der Waals surface area (Å²) in [5.74, 6) is -1.71. The third kappa shape index (κ3) is 7.35. The van der Waals surface area contributed by atoms with Crippen LogP contribution < -0.4 is 0 Å². The van der Waals surface area contributed by atoms with Gasteiger partial charge in [-0.25, -0.2) is 0 Å². The van der Waals surface area contributed by atoms with Crippen LogP contribution in [0.4, 0.5) is 13.2 Å². The summed E-state index contributed by atoms with van der Waals surface area (Å²) in [6.45, 7) is 8.08. The van der Waals surface area contributed by atoms with Crippen molar-refractivity contribution in [2.24, 2.45) is 5.41 Å². The monoisotopic (exact) mass is 298 g/mol. The maximum Gasteiger partial charge on any atom is 0.425 e. The van der Waals surface area contributed by atoms with Gasteiger partial charge in [0.1, 0.15) is 6.10 Å². The van der Waals surface area contributed by atoms with Gasteiger partial charge >= 0.3 is 18.1 Å². The van der Waals surface area contributed by atoms with Gasteiger partial charge in [-0.3, -0.25) is 9.59 Å². The highest BCUT2D eigenvalue weighted by Gasteiger charge is 2.39. The van der Waals surface area contributed by atoms with Gasteiger partial charge in [-0.15, -0.1) is 0 Å². The van der Waals surface area contributed by atoms with Crippen molar-refractivity contribution in [3.05, 3.63) is 0 Å². The van der Waals surface area contributed by atoms with E-state index in [1.54, 1.807) is 6.92 Å². The number of alkyl halides is 3. The van der Waals surface area contributed by atoms with Crippen LogP contribution in [0, 0.1) is 5.41 Å². The smallest absolute Gasteiger partial charge is 0.425 e. The van der Waals surface area contributed by atoms with E-state index >= 15 is 0 Å². The van der Waals surface area contributed by atoms with E-state index in [2.05, 4.69) is 4.74 Å². The van der Waals surface area contributed by atoms with E-state index in [-0.39, 0.29) is 17.9 Å².